The zero-order chi connectivity index (χ0) is 14.0. The quantitative estimate of drug-likeness (QED) is 0.873. The van der Waals surface area contributed by atoms with Crippen LogP contribution in [0.5, 0.6) is 0 Å². The van der Waals surface area contributed by atoms with Gasteiger partial charge in [0.25, 0.3) is 0 Å². The van der Waals surface area contributed by atoms with Crippen LogP contribution in [0, 0.1) is 18.8 Å². The summed E-state index contributed by atoms with van der Waals surface area (Å²) in [5.41, 5.74) is 1.60. The van der Waals surface area contributed by atoms with Crippen LogP contribution in [0.1, 0.15) is 32.3 Å². The van der Waals surface area contributed by atoms with Crippen LogP contribution in [0.2, 0.25) is 0 Å². The average Bonchev–Trinajstić information content (AvgIpc) is 3.16. The summed E-state index contributed by atoms with van der Waals surface area (Å²) in [6, 6.07) is 1.77. The topological polar surface area (TPSA) is 71.1 Å². The first kappa shape index (κ1) is 13.5. The number of anilines is 2. The van der Waals surface area contributed by atoms with Crippen molar-refractivity contribution in [2.24, 2.45) is 11.8 Å². The van der Waals surface area contributed by atoms with E-state index in [4.69, 9.17) is 0 Å². The molecule has 0 radical (unpaired) electrons. The molecule has 1 heterocycles. The highest BCUT2D eigenvalue weighted by molar-refractivity contribution is 5.95. The van der Waals surface area contributed by atoms with Crippen molar-refractivity contribution in [2.75, 3.05) is 10.6 Å². The summed E-state index contributed by atoms with van der Waals surface area (Å²) >= 11 is 0. The molecule has 0 atom stereocenters. The van der Waals surface area contributed by atoms with Gasteiger partial charge in [0, 0.05) is 11.8 Å². The number of hydrogen-bond acceptors (Lipinski definition) is 3. The van der Waals surface area contributed by atoms with Crippen LogP contribution in [0.4, 0.5) is 11.5 Å². The Morgan fingerprint density at radius 3 is 2.53 bits per heavy atom. The van der Waals surface area contributed by atoms with Crippen molar-refractivity contribution in [1.82, 2.24) is 4.98 Å². The predicted molar refractivity (Wildman–Crippen MR) is 73.8 cm³/mol. The number of hydrogen-bond donors (Lipinski definition) is 2. The zero-order valence-corrected chi connectivity index (χ0v) is 11.5. The van der Waals surface area contributed by atoms with Crippen molar-refractivity contribution >= 4 is 23.3 Å². The maximum absolute atomic E-state index is 11.7. The Morgan fingerprint density at radius 1 is 1.32 bits per heavy atom. The summed E-state index contributed by atoms with van der Waals surface area (Å²) < 4.78 is 0. The van der Waals surface area contributed by atoms with Crippen LogP contribution < -0.4 is 10.6 Å². The molecule has 0 saturated heterocycles. The molecule has 0 aromatic carbocycles. The van der Waals surface area contributed by atoms with Gasteiger partial charge in [-0.2, -0.15) is 0 Å². The summed E-state index contributed by atoms with van der Waals surface area (Å²) in [7, 11) is 0. The number of aryl methyl sites for hydroxylation is 1. The van der Waals surface area contributed by atoms with Crippen LogP contribution in [-0.4, -0.2) is 16.8 Å². The van der Waals surface area contributed by atoms with Crippen molar-refractivity contribution in [2.45, 2.75) is 33.6 Å². The van der Waals surface area contributed by atoms with Gasteiger partial charge in [-0.25, -0.2) is 4.98 Å². The Balaban J connectivity index is 2.03. The number of carbonyl (C=O) groups is 2. The average molecular weight is 261 g/mol. The number of aromatic nitrogens is 1. The second kappa shape index (κ2) is 5.38. The van der Waals surface area contributed by atoms with E-state index in [1.54, 1.807) is 12.3 Å². The third kappa shape index (κ3) is 3.53. The molecule has 1 fully saturated rings. The molecule has 0 aliphatic heterocycles. The number of carbonyl (C=O) groups excluding carboxylic acids is 2. The maximum atomic E-state index is 11.7. The van der Waals surface area contributed by atoms with E-state index in [1.807, 2.05) is 20.8 Å². The molecule has 5 heteroatoms. The molecular weight excluding hydrogens is 242 g/mol. The molecule has 1 aliphatic carbocycles. The molecule has 1 aromatic heterocycles. The molecule has 2 amide bonds. The summed E-state index contributed by atoms with van der Waals surface area (Å²) in [5.74, 6) is 0.585. The Morgan fingerprint density at radius 2 is 2.00 bits per heavy atom. The lowest BCUT2D eigenvalue weighted by molar-refractivity contribution is -0.119. The second-order valence-corrected chi connectivity index (χ2v) is 5.29. The number of amides is 2. The molecule has 19 heavy (non-hydrogen) atoms. The summed E-state index contributed by atoms with van der Waals surface area (Å²) in [5, 5.41) is 5.60. The SMILES string of the molecule is Cc1cc(NC(=O)C(C)C)ncc1NC(=O)C1CC1. The fraction of sp³-hybridized carbons (Fsp3) is 0.500. The monoisotopic (exact) mass is 261 g/mol. The molecule has 102 valence electrons. The van der Waals surface area contributed by atoms with Gasteiger partial charge in [-0.1, -0.05) is 13.8 Å². The lowest BCUT2D eigenvalue weighted by Gasteiger charge is -2.11. The normalized spacial score (nSPS) is 14.3. The number of pyridine rings is 1. The van der Waals surface area contributed by atoms with E-state index in [2.05, 4.69) is 15.6 Å². The maximum Gasteiger partial charge on any atom is 0.228 e. The Hall–Kier alpha value is -1.91. The highest BCUT2D eigenvalue weighted by atomic mass is 16.2. The summed E-state index contributed by atoms with van der Waals surface area (Å²) in [6.07, 6.45) is 3.53. The van der Waals surface area contributed by atoms with E-state index >= 15 is 0 Å². The van der Waals surface area contributed by atoms with Crippen molar-refractivity contribution in [3.63, 3.8) is 0 Å². The van der Waals surface area contributed by atoms with Gasteiger partial charge in [-0.15, -0.1) is 0 Å². The molecule has 0 spiro atoms. The van der Waals surface area contributed by atoms with Gasteiger partial charge < -0.3 is 10.6 Å². The Kier molecular flexibility index (Phi) is 3.83. The summed E-state index contributed by atoms with van der Waals surface area (Å²) in [6.45, 7) is 5.54. The first-order chi connectivity index (χ1) is 8.97. The molecule has 2 rings (SSSR count). The van der Waals surface area contributed by atoms with E-state index in [9.17, 15) is 9.59 Å². The highest BCUT2D eigenvalue weighted by Crippen LogP contribution is 2.30. The Labute approximate surface area is 112 Å². The van der Waals surface area contributed by atoms with Crippen LogP contribution in [0.25, 0.3) is 0 Å². The summed E-state index contributed by atoms with van der Waals surface area (Å²) in [4.78, 5) is 27.4. The second-order valence-electron chi connectivity index (χ2n) is 5.29. The zero-order valence-electron chi connectivity index (χ0n) is 11.5. The van der Waals surface area contributed by atoms with Crippen molar-refractivity contribution < 1.29 is 9.59 Å². The first-order valence-corrected chi connectivity index (χ1v) is 6.55. The van der Waals surface area contributed by atoms with Crippen molar-refractivity contribution in [3.8, 4) is 0 Å². The minimum atomic E-state index is -0.0867. The lowest BCUT2D eigenvalue weighted by atomic mass is 10.2. The van der Waals surface area contributed by atoms with E-state index < -0.39 is 0 Å². The van der Waals surface area contributed by atoms with Gasteiger partial charge in [0.1, 0.15) is 5.82 Å². The Bertz CT molecular complexity index is 507. The third-order valence-corrected chi connectivity index (χ3v) is 3.09. The van der Waals surface area contributed by atoms with E-state index in [1.165, 1.54) is 0 Å². The molecule has 0 unspecified atom stereocenters. The molecule has 2 N–H and O–H groups in total. The number of rotatable bonds is 4. The molecule has 1 aromatic rings. The van der Waals surface area contributed by atoms with Gasteiger partial charge >= 0.3 is 0 Å². The largest absolute Gasteiger partial charge is 0.324 e. The van der Waals surface area contributed by atoms with Gasteiger partial charge in [0.15, 0.2) is 0 Å². The molecule has 1 aliphatic rings. The third-order valence-electron chi connectivity index (χ3n) is 3.09. The molecule has 0 bridgehead atoms. The van der Waals surface area contributed by atoms with E-state index in [0.29, 0.717) is 11.5 Å². The van der Waals surface area contributed by atoms with Crippen LogP contribution in [-0.2, 0) is 9.59 Å². The highest BCUT2D eigenvalue weighted by Gasteiger charge is 2.29. The molecule has 5 nitrogen and oxygen atoms in total. The van der Waals surface area contributed by atoms with E-state index in [0.717, 1.165) is 18.4 Å². The van der Waals surface area contributed by atoms with Gasteiger partial charge in [-0.05, 0) is 31.4 Å². The van der Waals surface area contributed by atoms with Crippen LogP contribution in [0.15, 0.2) is 12.3 Å². The minimum Gasteiger partial charge on any atom is -0.324 e. The number of nitrogens with one attached hydrogen (secondary N) is 2. The lowest BCUT2D eigenvalue weighted by Crippen LogP contribution is -2.19. The standard InChI is InChI=1S/C14H19N3O2/c1-8(2)13(18)17-12-6-9(3)11(7-15-12)16-14(19)10-4-5-10/h6-8,10H,4-5H2,1-3H3,(H,16,19)(H,15,17,18). The van der Waals surface area contributed by atoms with Crippen molar-refractivity contribution in [3.05, 3.63) is 17.8 Å². The van der Waals surface area contributed by atoms with Crippen molar-refractivity contribution in [1.29, 1.82) is 0 Å². The molecular formula is C14H19N3O2. The van der Waals surface area contributed by atoms with Gasteiger partial charge in [0.2, 0.25) is 11.8 Å². The predicted octanol–water partition coefficient (Wildman–Crippen LogP) is 2.33. The smallest absolute Gasteiger partial charge is 0.228 e. The van der Waals surface area contributed by atoms with Gasteiger partial charge in [-0.3, -0.25) is 9.59 Å². The first-order valence-electron chi connectivity index (χ1n) is 6.55. The van der Waals surface area contributed by atoms with Crippen LogP contribution >= 0.6 is 0 Å². The fourth-order valence-corrected chi connectivity index (χ4v) is 1.61. The molecule has 1 saturated carbocycles. The van der Waals surface area contributed by atoms with Gasteiger partial charge in [0.05, 0.1) is 11.9 Å². The minimum absolute atomic E-state index is 0.0591. The fourth-order valence-electron chi connectivity index (χ4n) is 1.61. The van der Waals surface area contributed by atoms with Crippen LogP contribution in [0.3, 0.4) is 0 Å². The van der Waals surface area contributed by atoms with E-state index in [-0.39, 0.29) is 23.7 Å². The number of nitrogens with zero attached hydrogens (tertiary/aromatic N) is 1.